The molecule has 1 unspecified atom stereocenters. The lowest BCUT2D eigenvalue weighted by molar-refractivity contribution is 0.542. The third-order valence-corrected chi connectivity index (χ3v) is 3.36. The van der Waals surface area contributed by atoms with Crippen LogP contribution in [0.2, 0.25) is 5.02 Å². The molecule has 2 aromatic rings. The number of rotatable bonds is 5. The number of hydrogen-bond acceptors (Lipinski definition) is 1. The predicted octanol–water partition coefficient (Wildman–Crippen LogP) is 4.34. The van der Waals surface area contributed by atoms with Crippen molar-refractivity contribution in [1.29, 1.82) is 0 Å². The summed E-state index contributed by atoms with van der Waals surface area (Å²) in [7, 11) is 0. The first-order valence-electron chi connectivity index (χ1n) is 6.46. The zero-order valence-electron chi connectivity index (χ0n) is 11.2. The van der Waals surface area contributed by atoms with Crippen LogP contribution >= 0.6 is 11.6 Å². The van der Waals surface area contributed by atoms with E-state index in [0.717, 1.165) is 17.5 Å². The zero-order chi connectivity index (χ0) is 14.5. The van der Waals surface area contributed by atoms with Gasteiger partial charge < -0.3 is 5.32 Å². The molecule has 1 atom stereocenters. The molecule has 0 fully saturated rings. The van der Waals surface area contributed by atoms with Crippen LogP contribution < -0.4 is 5.32 Å². The smallest absolute Gasteiger partial charge is 0.141 e. The van der Waals surface area contributed by atoms with Crippen LogP contribution in [0, 0.1) is 11.6 Å². The van der Waals surface area contributed by atoms with Gasteiger partial charge >= 0.3 is 0 Å². The maximum absolute atomic E-state index is 13.1. The van der Waals surface area contributed by atoms with E-state index in [0.29, 0.717) is 6.54 Å². The average molecular weight is 296 g/mol. The third kappa shape index (κ3) is 4.29. The summed E-state index contributed by atoms with van der Waals surface area (Å²) in [5.41, 5.74) is 1.87. The molecule has 0 radical (unpaired) electrons. The Morgan fingerprint density at radius 2 is 1.90 bits per heavy atom. The standard InChI is InChI=1S/C16H16ClF2N/c1-11(7-12-3-2-4-14(18)8-12)20-10-13-5-6-16(19)15(17)9-13/h2-6,8-9,11,20H,7,10H2,1H3. The van der Waals surface area contributed by atoms with E-state index >= 15 is 0 Å². The molecule has 2 aromatic carbocycles. The Labute approximate surface area is 122 Å². The number of benzene rings is 2. The second-order valence-corrected chi connectivity index (χ2v) is 5.27. The summed E-state index contributed by atoms with van der Waals surface area (Å²) in [6.07, 6.45) is 0.729. The van der Waals surface area contributed by atoms with Gasteiger partial charge in [-0.2, -0.15) is 0 Å². The lowest BCUT2D eigenvalue weighted by Crippen LogP contribution is -2.27. The van der Waals surface area contributed by atoms with Crippen molar-refractivity contribution in [3.05, 3.63) is 70.2 Å². The molecule has 2 rings (SSSR count). The summed E-state index contributed by atoms with van der Waals surface area (Å²) in [6.45, 7) is 2.62. The quantitative estimate of drug-likeness (QED) is 0.865. The Morgan fingerprint density at radius 1 is 1.10 bits per heavy atom. The van der Waals surface area contributed by atoms with E-state index < -0.39 is 5.82 Å². The zero-order valence-corrected chi connectivity index (χ0v) is 11.9. The summed E-state index contributed by atoms with van der Waals surface area (Å²) in [4.78, 5) is 0. The first-order chi connectivity index (χ1) is 9.54. The average Bonchev–Trinajstić information content (AvgIpc) is 2.40. The molecule has 20 heavy (non-hydrogen) atoms. The fraction of sp³-hybridized carbons (Fsp3) is 0.250. The van der Waals surface area contributed by atoms with Gasteiger partial charge in [-0.15, -0.1) is 0 Å². The minimum atomic E-state index is -0.414. The molecule has 1 nitrogen and oxygen atoms in total. The highest BCUT2D eigenvalue weighted by molar-refractivity contribution is 6.30. The monoisotopic (exact) mass is 295 g/mol. The van der Waals surface area contributed by atoms with Crippen molar-refractivity contribution in [2.75, 3.05) is 0 Å². The van der Waals surface area contributed by atoms with E-state index in [2.05, 4.69) is 5.32 Å². The highest BCUT2D eigenvalue weighted by atomic mass is 35.5. The summed E-state index contributed by atoms with van der Waals surface area (Å²) in [5.74, 6) is -0.636. The van der Waals surface area contributed by atoms with Gasteiger partial charge in [0, 0.05) is 12.6 Å². The first kappa shape index (κ1) is 14.9. The molecule has 0 aliphatic heterocycles. The van der Waals surface area contributed by atoms with Crippen LogP contribution in [0.4, 0.5) is 8.78 Å². The highest BCUT2D eigenvalue weighted by Crippen LogP contribution is 2.16. The Morgan fingerprint density at radius 3 is 2.60 bits per heavy atom. The van der Waals surface area contributed by atoms with Crippen molar-refractivity contribution < 1.29 is 8.78 Å². The molecule has 0 amide bonds. The predicted molar refractivity (Wildman–Crippen MR) is 77.8 cm³/mol. The Kier molecular flexibility index (Phi) is 5.10. The van der Waals surface area contributed by atoms with Crippen LogP contribution in [-0.4, -0.2) is 6.04 Å². The highest BCUT2D eigenvalue weighted by Gasteiger charge is 2.05. The molecule has 106 valence electrons. The Balaban J connectivity index is 1.88. The summed E-state index contributed by atoms with van der Waals surface area (Å²) >= 11 is 5.73. The van der Waals surface area contributed by atoms with Gasteiger partial charge in [-0.25, -0.2) is 8.78 Å². The van der Waals surface area contributed by atoms with Gasteiger partial charge in [-0.05, 0) is 48.7 Å². The van der Waals surface area contributed by atoms with Crippen LogP contribution in [-0.2, 0) is 13.0 Å². The SMILES string of the molecule is CC(Cc1cccc(F)c1)NCc1ccc(F)c(Cl)c1. The van der Waals surface area contributed by atoms with Crippen LogP contribution in [0.5, 0.6) is 0 Å². The van der Waals surface area contributed by atoms with Crippen LogP contribution in [0.3, 0.4) is 0 Å². The lowest BCUT2D eigenvalue weighted by Gasteiger charge is -2.14. The minimum absolute atomic E-state index is 0.127. The van der Waals surface area contributed by atoms with Gasteiger partial charge in [0.1, 0.15) is 11.6 Å². The normalized spacial score (nSPS) is 12.4. The van der Waals surface area contributed by atoms with Gasteiger partial charge in [-0.3, -0.25) is 0 Å². The molecular weight excluding hydrogens is 280 g/mol. The van der Waals surface area contributed by atoms with Crippen molar-refractivity contribution in [2.24, 2.45) is 0 Å². The number of nitrogens with one attached hydrogen (secondary N) is 1. The van der Waals surface area contributed by atoms with Gasteiger partial charge in [0.05, 0.1) is 5.02 Å². The largest absolute Gasteiger partial charge is 0.310 e. The molecule has 1 N–H and O–H groups in total. The molecule has 0 bridgehead atoms. The fourth-order valence-electron chi connectivity index (χ4n) is 2.03. The van der Waals surface area contributed by atoms with Crippen molar-refractivity contribution in [2.45, 2.75) is 25.9 Å². The molecule has 0 spiro atoms. The topological polar surface area (TPSA) is 12.0 Å². The Hall–Kier alpha value is -1.45. The van der Waals surface area contributed by atoms with Gasteiger partial charge in [0.25, 0.3) is 0 Å². The number of hydrogen-bond donors (Lipinski definition) is 1. The molecule has 4 heteroatoms. The second kappa shape index (κ2) is 6.82. The molecule has 0 heterocycles. The van der Waals surface area contributed by atoms with Crippen molar-refractivity contribution >= 4 is 11.6 Å². The number of halogens is 3. The molecule has 0 aliphatic rings. The van der Waals surface area contributed by atoms with Crippen LogP contribution in [0.15, 0.2) is 42.5 Å². The minimum Gasteiger partial charge on any atom is -0.310 e. The van der Waals surface area contributed by atoms with Gasteiger partial charge in [0.2, 0.25) is 0 Å². The summed E-state index contributed by atoms with van der Waals surface area (Å²) < 4.78 is 26.1. The van der Waals surface area contributed by atoms with E-state index in [1.165, 1.54) is 18.2 Å². The van der Waals surface area contributed by atoms with E-state index in [1.807, 2.05) is 13.0 Å². The van der Waals surface area contributed by atoms with Crippen molar-refractivity contribution in [3.63, 3.8) is 0 Å². The molecular formula is C16H16ClF2N. The first-order valence-corrected chi connectivity index (χ1v) is 6.84. The van der Waals surface area contributed by atoms with Crippen LogP contribution in [0.25, 0.3) is 0 Å². The maximum atomic E-state index is 13.1. The van der Waals surface area contributed by atoms with E-state index in [9.17, 15) is 8.78 Å². The maximum Gasteiger partial charge on any atom is 0.141 e. The van der Waals surface area contributed by atoms with E-state index in [4.69, 9.17) is 11.6 Å². The van der Waals surface area contributed by atoms with Crippen LogP contribution in [0.1, 0.15) is 18.1 Å². The van der Waals surface area contributed by atoms with Gasteiger partial charge in [-0.1, -0.05) is 29.8 Å². The van der Waals surface area contributed by atoms with E-state index in [-0.39, 0.29) is 16.9 Å². The summed E-state index contributed by atoms with van der Waals surface area (Å²) in [5, 5.41) is 3.44. The molecule has 0 saturated heterocycles. The Bertz CT molecular complexity index is 586. The summed E-state index contributed by atoms with van der Waals surface area (Å²) in [6, 6.07) is 11.4. The van der Waals surface area contributed by atoms with Crippen molar-refractivity contribution in [1.82, 2.24) is 5.32 Å². The van der Waals surface area contributed by atoms with Crippen molar-refractivity contribution in [3.8, 4) is 0 Å². The van der Waals surface area contributed by atoms with Gasteiger partial charge in [0.15, 0.2) is 0 Å². The van der Waals surface area contributed by atoms with E-state index in [1.54, 1.807) is 18.2 Å². The second-order valence-electron chi connectivity index (χ2n) is 4.86. The molecule has 0 aromatic heterocycles. The third-order valence-electron chi connectivity index (χ3n) is 3.07. The molecule has 0 aliphatic carbocycles. The molecule has 0 saturated carbocycles. The fourth-order valence-corrected chi connectivity index (χ4v) is 2.23. The lowest BCUT2D eigenvalue weighted by atomic mass is 10.1.